The van der Waals surface area contributed by atoms with Gasteiger partial charge >= 0.3 is 0 Å². The lowest BCUT2D eigenvalue weighted by molar-refractivity contribution is 0.235. The van der Waals surface area contributed by atoms with Crippen LogP contribution in [-0.4, -0.2) is 18.6 Å². The van der Waals surface area contributed by atoms with E-state index in [2.05, 4.69) is 23.2 Å². The minimum atomic E-state index is 0.00489. The Morgan fingerprint density at radius 2 is 1.95 bits per heavy atom. The SMILES string of the molecule is CCOC1=C[C@@H](C)OC1=Nc1cccc2ccccc12. The molecule has 0 saturated carbocycles. The minimum Gasteiger partial charge on any atom is -0.488 e. The van der Waals surface area contributed by atoms with Crippen LogP contribution < -0.4 is 0 Å². The molecule has 0 aliphatic carbocycles. The van der Waals surface area contributed by atoms with Crippen molar-refractivity contribution in [2.45, 2.75) is 20.0 Å². The number of nitrogens with zero attached hydrogens (tertiary/aromatic N) is 1. The first-order valence-electron chi connectivity index (χ1n) is 6.86. The summed E-state index contributed by atoms with van der Waals surface area (Å²) >= 11 is 0. The molecule has 0 unspecified atom stereocenters. The molecule has 1 heterocycles. The van der Waals surface area contributed by atoms with Crippen molar-refractivity contribution in [1.29, 1.82) is 0 Å². The van der Waals surface area contributed by atoms with Crippen LogP contribution in [0.4, 0.5) is 5.69 Å². The van der Waals surface area contributed by atoms with Gasteiger partial charge in [-0.15, -0.1) is 0 Å². The molecular formula is C17H17NO2. The molecule has 1 aliphatic heterocycles. The van der Waals surface area contributed by atoms with Gasteiger partial charge in [0.2, 0.25) is 0 Å². The topological polar surface area (TPSA) is 30.8 Å². The standard InChI is InChI=1S/C17H17NO2/c1-3-19-16-11-12(2)20-17(16)18-15-10-6-8-13-7-4-5-9-14(13)15/h4-12H,3H2,1-2H3/t12-/m1/s1. The Bertz CT molecular complexity index is 683. The fraction of sp³-hybridized carbons (Fsp3) is 0.235. The molecule has 3 heteroatoms. The summed E-state index contributed by atoms with van der Waals surface area (Å²) in [5, 5.41) is 2.28. The van der Waals surface area contributed by atoms with E-state index < -0.39 is 0 Å². The van der Waals surface area contributed by atoms with Crippen LogP contribution >= 0.6 is 0 Å². The molecule has 0 amide bonds. The zero-order chi connectivity index (χ0) is 13.9. The van der Waals surface area contributed by atoms with Crippen molar-refractivity contribution in [3.63, 3.8) is 0 Å². The van der Waals surface area contributed by atoms with Crippen LogP contribution in [0.15, 0.2) is 59.3 Å². The van der Waals surface area contributed by atoms with Gasteiger partial charge in [0.15, 0.2) is 5.76 Å². The maximum Gasteiger partial charge on any atom is 0.257 e. The number of hydrogen-bond donors (Lipinski definition) is 0. The van der Waals surface area contributed by atoms with E-state index in [1.54, 1.807) is 0 Å². The third-order valence-electron chi connectivity index (χ3n) is 3.18. The Kier molecular flexibility index (Phi) is 3.42. The van der Waals surface area contributed by atoms with Gasteiger partial charge in [-0.2, -0.15) is 0 Å². The lowest BCUT2D eigenvalue weighted by Gasteiger charge is -2.08. The van der Waals surface area contributed by atoms with Crippen molar-refractivity contribution >= 4 is 22.4 Å². The Hall–Kier alpha value is -2.29. The molecule has 0 radical (unpaired) electrons. The van der Waals surface area contributed by atoms with Crippen LogP contribution in [0, 0.1) is 0 Å². The maximum absolute atomic E-state index is 5.71. The van der Waals surface area contributed by atoms with Gasteiger partial charge in [-0.1, -0.05) is 36.4 Å². The van der Waals surface area contributed by atoms with Crippen LogP contribution in [-0.2, 0) is 9.47 Å². The van der Waals surface area contributed by atoms with E-state index in [0.717, 1.165) is 16.8 Å². The molecule has 0 spiro atoms. The van der Waals surface area contributed by atoms with Crippen LogP contribution in [0.2, 0.25) is 0 Å². The first-order valence-corrected chi connectivity index (χ1v) is 6.86. The van der Waals surface area contributed by atoms with E-state index in [9.17, 15) is 0 Å². The van der Waals surface area contributed by atoms with E-state index in [1.807, 2.05) is 44.2 Å². The molecule has 3 nitrogen and oxygen atoms in total. The smallest absolute Gasteiger partial charge is 0.257 e. The van der Waals surface area contributed by atoms with E-state index >= 15 is 0 Å². The summed E-state index contributed by atoms with van der Waals surface area (Å²) in [6, 6.07) is 14.3. The molecule has 0 fully saturated rings. The molecule has 2 aromatic carbocycles. The third kappa shape index (κ3) is 2.39. The van der Waals surface area contributed by atoms with Gasteiger partial charge in [0.05, 0.1) is 12.3 Å². The molecule has 2 aromatic rings. The summed E-state index contributed by atoms with van der Waals surface area (Å²) in [5.41, 5.74) is 0.901. The van der Waals surface area contributed by atoms with Gasteiger partial charge in [0.25, 0.3) is 5.90 Å². The van der Waals surface area contributed by atoms with Gasteiger partial charge in [0, 0.05) is 11.5 Å². The average Bonchev–Trinajstić information content (AvgIpc) is 2.80. The second-order valence-corrected chi connectivity index (χ2v) is 4.70. The molecule has 0 bridgehead atoms. The predicted octanol–water partition coefficient (Wildman–Crippen LogP) is 4.21. The van der Waals surface area contributed by atoms with Crippen molar-refractivity contribution in [2.75, 3.05) is 6.61 Å². The van der Waals surface area contributed by atoms with E-state index in [4.69, 9.17) is 9.47 Å². The number of ether oxygens (including phenoxy) is 2. The average molecular weight is 267 g/mol. The highest BCUT2D eigenvalue weighted by atomic mass is 16.5. The number of hydrogen-bond acceptors (Lipinski definition) is 3. The maximum atomic E-state index is 5.71. The van der Waals surface area contributed by atoms with Crippen LogP contribution in [0.5, 0.6) is 0 Å². The lowest BCUT2D eigenvalue weighted by Crippen LogP contribution is -2.06. The molecule has 0 aromatic heterocycles. The van der Waals surface area contributed by atoms with Crippen molar-refractivity contribution in [3.8, 4) is 0 Å². The quantitative estimate of drug-likeness (QED) is 0.834. The summed E-state index contributed by atoms with van der Waals surface area (Å²) in [7, 11) is 0. The Morgan fingerprint density at radius 3 is 2.80 bits per heavy atom. The van der Waals surface area contributed by atoms with Gasteiger partial charge in [0.1, 0.15) is 6.10 Å². The number of benzene rings is 2. The van der Waals surface area contributed by atoms with Gasteiger partial charge in [-0.25, -0.2) is 4.99 Å². The Labute approximate surface area is 118 Å². The lowest BCUT2D eigenvalue weighted by atomic mass is 10.1. The molecular weight excluding hydrogens is 250 g/mol. The normalized spacial score (nSPS) is 20.0. The van der Waals surface area contributed by atoms with E-state index in [0.29, 0.717) is 12.5 Å². The molecule has 1 atom stereocenters. The zero-order valence-corrected chi connectivity index (χ0v) is 11.7. The minimum absolute atomic E-state index is 0.00489. The van der Waals surface area contributed by atoms with Crippen LogP contribution in [0.3, 0.4) is 0 Å². The molecule has 3 rings (SSSR count). The highest BCUT2D eigenvalue weighted by Gasteiger charge is 2.22. The van der Waals surface area contributed by atoms with Crippen LogP contribution in [0.1, 0.15) is 13.8 Å². The fourth-order valence-electron chi connectivity index (χ4n) is 2.31. The summed E-state index contributed by atoms with van der Waals surface area (Å²) in [6.45, 7) is 4.54. The van der Waals surface area contributed by atoms with Gasteiger partial charge < -0.3 is 9.47 Å². The second kappa shape index (κ2) is 5.37. The zero-order valence-electron chi connectivity index (χ0n) is 11.7. The first kappa shape index (κ1) is 12.7. The Balaban J connectivity index is 2.04. The number of rotatable bonds is 3. The first-order chi connectivity index (χ1) is 9.78. The van der Waals surface area contributed by atoms with Gasteiger partial charge in [-0.05, 0) is 25.3 Å². The van der Waals surface area contributed by atoms with E-state index in [1.165, 1.54) is 5.39 Å². The molecule has 1 aliphatic rings. The molecule has 0 saturated heterocycles. The molecule has 20 heavy (non-hydrogen) atoms. The molecule has 0 N–H and O–H groups in total. The van der Waals surface area contributed by atoms with Crippen molar-refractivity contribution in [1.82, 2.24) is 0 Å². The summed E-state index contributed by atoms with van der Waals surface area (Å²) in [4.78, 5) is 4.64. The summed E-state index contributed by atoms with van der Waals surface area (Å²) in [6.07, 6.45) is 1.96. The monoisotopic (exact) mass is 267 g/mol. The number of fused-ring (bicyclic) bond motifs is 1. The fourth-order valence-corrected chi connectivity index (χ4v) is 2.31. The Morgan fingerprint density at radius 1 is 1.15 bits per heavy atom. The van der Waals surface area contributed by atoms with Gasteiger partial charge in [-0.3, -0.25) is 0 Å². The highest BCUT2D eigenvalue weighted by molar-refractivity contribution is 6.00. The van der Waals surface area contributed by atoms with Crippen molar-refractivity contribution in [3.05, 3.63) is 54.3 Å². The molecule has 102 valence electrons. The van der Waals surface area contributed by atoms with Crippen molar-refractivity contribution in [2.24, 2.45) is 4.99 Å². The predicted molar refractivity (Wildman–Crippen MR) is 81.3 cm³/mol. The number of aliphatic imine (C=N–C) groups is 1. The largest absolute Gasteiger partial charge is 0.488 e. The summed E-state index contributed by atoms with van der Waals surface area (Å²) < 4.78 is 11.3. The van der Waals surface area contributed by atoms with Crippen molar-refractivity contribution < 1.29 is 9.47 Å². The second-order valence-electron chi connectivity index (χ2n) is 4.70. The highest BCUT2D eigenvalue weighted by Crippen LogP contribution is 2.28. The third-order valence-corrected chi connectivity index (χ3v) is 3.18. The van der Waals surface area contributed by atoms with Crippen LogP contribution in [0.25, 0.3) is 10.8 Å². The van der Waals surface area contributed by atoms with E-state index in [-0.39, 0.29) is 6.10 Å². The summed E-state index contributed by atoms with van der Waals surface area (Å²) in [5.74, 6) is 1.30.